The van der Waals surface area contributed by atoms with Gasteiger partial charge in [0.05, 0.1) is 11.6 Å². The van der Waals surface area contributed by atoms with Crippen LogP contribution in [0, 0.1) is 0 Å². The topological polar surface area (TPSA) is 61.8 Å². The quantitative estimate of drug-likeness (QED) is 0.486. The van der Waals surface area contributed by atoms with Gasteiger partial charge in [0.1, 0.15) is 13.2 Å². The van der Waals surface area contributed by atoms with E-state index in [9.17, 15) is 9.59 Å². The summed E-state index contributed by atoms with van der Waals surface area (Å²) in [5.41, 5.74) is 0.775. The van der Waals surface area contributed by atoms with E-state index in [1.165, 1.54) is 6.07 Å². The second-order valence-electron chi connectivity index (χ2n) is 4.88. The minimum absolute atomic E-state index is 0.0540. The Kier molecular flexibility index (Phi) is 4.73. The molecule has 0 atom stereocenters. The molecule has 0 bridgehead atoms. The van der Waals surface area contributed by atoms with E-state index in [1.807, 2.05) is 13.8 Å². The van der Waals surface area contributed by atoms with E-state index in [2.05, 4.69) is 0 Å². The van der Waals surface area contributed by atoms with Crippen molar-refractivity contribution in [1.29, 1.82) is 0 Å². The van der Waals surface area contributed by atoms with Crippen LogP contribution in [0.15, 0.2) is 6.07 Å². The van der Waals surface area contributed by atoms with Crippen LogP contribution in [0.2, 0.25) is 5.02 Å². The molecule has 2 rings (SSSR count). The molecular formula is C15H17ClO5. The lowest BCUT2D eigenvalue weighted by Crippen LogP contribution is -2.22. The number of halogens is 1. The number of ketones is 1. The third-order valence-corrected chi connectivity index (χ3v) is 3.47. The average Bonchev–Trinajstić information content (AvgIpc) is 2.46. The molecule has 1 aliphatic rings. The van der Waals surface area contributed by atoms with Crippen LogP contribution in [0.4, 0.5) is 0 Å². The minimum atomic E-state index is -0.896. The fourth-order valence-electron chi connectivity index (χ4n) is 2.22. The molecule has 0 aliphatic carbocycles. The molecule has 0 spiro atoms. The van der Waals surface area contributed by atoms with Crippen molar-refractivity contribution in [3.8, 4) is 11.5 Å². The van der Waals surface area contributed by atoms with Crippen molar-refractivity contribution in [2.75, 3.05) is 19.8 Å². The molecule has 21 heavy (non-hydrogen) atoms. The normalized spacial score (nSPS) is 13.2. The number of rotatable bonds is 4. The summed E-state index contributed by atoms with van der Waals surface area (Å²) in [5, 5.41) is 0.315. The Balaban J connectivity index is 2.56. The van der Waals surface area contributed by atoms with Crippen LogP contribution in [0.3, 0.4) is 0 Å². The number of Topliss-reactive ketones (excluding diaryl/α,β-unsaturated/α-hetero) is 1. The highest BCUT2D eigenvalue weighted by atomic mass is 35.5. The van der Waals surface area contributed by atoms with Gasteiger partial charge in [-0.3, -0.25) is 4.79 Å². The Labute approximate surface area is 128 Å². The highest BCUT2D eigenvalue weighted by Crippen LogP contribution is 2.44. The van der Waals surface area contributed by atoms with Crippen LogP contribution in [0.25, 0.3) is 0 Å². The molecule has 6 heteroatoms. The van der Waals surface area contributed by atoms with E-state index in [4.69, 9.17) is 25.8 Å². The van der Waals surface area contributed by atoms with Gasteiger partial charge in [-0.15, -0.1) is 0 Å². The number of benzene rings is 1. The molecule has 0 radical (unpaired) electrons. The van der Waals surface area contributed by atoms with E-state index in [0.29, 0.717) is 35.3 Å². The summed E-state index contributed by atoms with van der Waals surface area (Å²) in [5.74, 6) is -0.872. The first-order valence-electron chi connectivity index (χ1n) is 6.80. The van der Waals surface area contributed by atoms with Crippen LogP contribution < -0.4 is 9.47 Å². The zero-order chi connectivity index (χ0) is 15.6. The van der Waals surface area contributed by atoms with Crippen LogP contribution >= 0.6 is 11.6 Å². The molecule has 0 saturated carbocycles. The van der Waals surface area contributed by atoms with Crippen LogP contribution in [0.5, 0.6) is 11.5 Å². The number of hydrogen-bond donors (Lipinski definition) is 0. The molecular weight excluding hydrogens is 296 g/mol. The second-order valence-corrected chi connectivity index (χ2v) is 5.26. The zero-order valence-electron chi connectivity index (χ0n) is 12.2. The lowest BCUT2D eigenvalue weighted by molar-refractivity contribution is -0.137. The van der Waals surface area contributed by atoms with Gasteiger partial charge in [-0.05, 0) is 24.5 Å². The molecule has 1 aromatic carbocycles. The van der Waals surface area contributed by atoms with Gasteiger partial charge in [0.2, 0.25) is 0 Å². The first kappa shape index (κ1) is 15.6. The van der Waals surface area contributed by atoms with Crippen molar-refractivity contribution in [3.63, 3.8) is 0 Å². The van der Waals surface area contributed by atoms with E-state index >= 15 is 0 Å². The van der Waals surface area contributed by atoms with E-state index in [-0.39, 0.29) is 18.1 Å². The Hall–Kier alpha value is -1.75. The van der Waals surface area contributed by atoms with Crippen molar-refractivity contribution >= 4 is 23.4 Å². The standard InChI is InChI=1S/C15H17ClO5/c1-4-19-15(18)13(17)9-7-10-14(21-6-5-20-10)12(16)11(9)8(2)3/h7-8H,4-6H2,1-3H3. The van der Waals surface area contributed by atoms with Crippen LogP contribution in [-0.2, 0) is 9.53 Å². The highest BCUT2D eigenvalue weighted by molar-refractivity contribution is 6.42. The molecule has 5 nitrogen and oxygen atoms in total. The smallest absolute Gasteiger partial charge is 0.379 e. The van der Waals surface area contributed by atoms with E-state index in [1.54, 1.807) is 6.92 Å². The maximum absolute atomic E-state index is 12.3. The number of hydrogen-bond acceptors (Lipinski definition) is 5. The monoisotopic (exact) mass is 312 g/mol. The molecule has 0 fully saturated rings. The Bertz CT molecular complexity index is 580. The second kappa shape index (κ2) is 6.35. The molecule has 0 aromatic heterocycles. The molecule has 1 heterocycles. The summed E-state index contributed by atoms with van der Waals surface area (Å²) >= 11 is 6.34. The van der Waals surface area contributed by atoms with E-state index in [0.717, 1.165) is 0 Å². The predicted octanol–water partition coefficient (Wildman–Crippen LogP) is 2.98. The van der Waals surface area contributed by atoms with Crippen molar-refractivity contribution in [2.24, 2.45) is 0 Å². The third-order valence-electron chi connectivity index (χ3n) is 3.10. The van der Waals surface area contributed by atoms with Gasteiger partial charge < -0.3 is 14.2 Å². The van der Waals surface area contributed by atoms with Crippen LogP contribution in [0.1, 0.15) is 42.6 Å². The van der Waals surface area contributed by atoms with Crippen molar-refractivity contribution in [1.82, 2.24) is 0 Å². The fraction of sp³-hybridized carbons (Fsp3) is 0.467. The van der Waals surface area contributed by atoms with Gasteiger partial charge in [-0.2, -0.15) is 0 Å². The first-order chi connectivity index (χ1) is 9.97. The molecule has 114 valence electrons. The molecule has 0 unspecified atom stereocenters. The molecule has 0 N–H and O–H groups in total. The highest BCUT2D eigenvalue weighted by Gasteiger charge is 2.29. The lowest BCUT2D eigenvalue weighted by Gasteiger charge is -2.23. The van der Waals surface area contributed by atoms with Crippen LogP contribution in [-0.4, -0.2) is 31.6 Å². The van der Waals surface area contributed by atoms with E-state index < -0.39 is 11.8 Å². The zero-order valence-corrected chi connectivity index (χ0v) is 13.0. The predicted molar refractivity (Wildman–Crippen MR) is 77.5 cm³/mol. The third kappa shape index (κ3) is 2.97. The van der Waals surface area contributed by atoms with Gasteiger partial charge >= 0.3 is 5.97 Å². The van der Waals surface area contributed by atoms with Gasteiger partial charge in [-0.25, -0.2) is 4.79 Å². The minimum Gasteiger partial charge on any atom is -0.486 e. The number of ether oxygens (including phenoxy) is 3. The maximum atomic E-state index is 12.3. The summed E-state index contributed by atoms with van der Waals surface area (Å²) < 4.78 is 15.7. The molecule has 1 aliphatic heterocycles. The number of esters is 1. The number of carbonyl (C=O) groups excluding carboxylic acids is 2. The van der Waals surface area contributed by atoms with Gasteiger partial charge in [0, 0.05) is 5.56 Å². The summed E-state index contributed by atoms with van der Waals surface area (Å²) in [4.78, 5) is 24.0. The van der Waals surface area contributed by atoms with Gasteiger partial charge in [0.25, 0.3) is 5.78 Å². The van der Waals surface area contributed by atoms with Crippen molar-refractivity contribution in [2.45, 2.75) is 26.7 Å². The number of fused-ring (bicyclic) bond motifs is 1. The maximum Gasteiger partial charge on any atom is 0.379 e. The Morgan fingerprint density at radius 1 is 1.33 bits per heavy atom. The van der Waals surface area contributed by atoms with Gasteiger partial charge in [-0.1, -0.05) is 25.4 Å². The lowest BCUT2D eigenvalue weighted by atomic mass is 9.93. The molecule has 0 amide bonds. The summed E-state index contributed by atoms with van der Waals surface area (Å²) in [6.07, 6.45) is 0. The molecule has 0 saturated heterocycles. The SMILES string of the molecule is CCOC(=O)C(=O)c1cc2c(c(Cl)c1C(C)C)OCCO2. The van der Waals surface area contributed by atoms with Crippen molar-refractivity contribution in [3.05, 3.63) is 22.2 Å². The fourth-order valence-corrected chi connectivity index (χ4v) is 2.69. The molecule has 1 aromatic rings. The first-order valence-corrected chi connectivity index (χ1v) is 7.18. The summed E-state index contributed by atoms with van der Waals surface area (Å²) in [6.45, 7) is 6.33. The summed E-state index contributed by atoms with van der Waals surface area (Å²) in [6, 6.07) is 1.51. The average molecular weight is 313 g/mol. The number of carbonyl (C=O) groups is 2. The van der Waals surface area contributed by atoms with Gasteiger partial charge in [0.15, 0.2) is 11.5 Å². The summed E-state index contributed by atoms with van der Waals surface area (Å²) in [7, 11) is 0. The Morgan fingerprint density at radius 3 is 2.62 bits per heavy atom. The van der Waals surface area contributed by atoms with Crippen molar-refractivity contribution < 1.29 is 23.8 Å². The largest absolute Gasteiger partial charge is 0.486 e. The Morgan fingerprint density at radius 2 is 2.00 bits per heavy atom.